The summed E-state index contributed by atoms with van der Waals surface area (Å²) in [7, 11) is 1.58. The van der Waals surface area contributed by atoms with Crippen molar-refractivity contribution in [1.29, 1.82) is 0 Å². The first kappa shape index (κ1) is 36.5. The highest BCUT2D eigenvalue weighted by atomic mass is 32.2. The third-order valence-corrected chi connectivity index (χ3v) is 9.07. The topological polar surface area (TPSA) is 116 Å². The first-order chi connectivity index (χ1) is 24.1. The monoisotopic (exact) mass is 696 g/mol. The van der Waals surface area contributed by atoms with E-state index in [4.69, 9.17) is 29.0 Å². The van der Waals surface area contributed by atoms with E-state index in [1.54, 1.807) is 31.0 Å². The van der Waals surface area contributed by atoms with E-state index >= 15 is 0 Å². The Bertz CT molecular complexity index is 1770. The summed E-state index contributed by atoms with van der Waals surface area (Å²) in [6.07, 6.45) is -0.403. The number of carbonyl (C=O) groups is 2. The molecule has 10 heteroatoms. The van der Waals surface area contributed by atoms with E-state index in [9.17, 15) is 9.59 Å². The summed E-state index contributed by atoms with van der Waals surface area (Å²) in [6.45, 7) is 6.08. The van der Waals surface area contributed by atoms with Crippen molar-refractivity contribution in [2.24, 2.45) is 4.99 Å². The Morgan fingerprint density at radius 1 is 0.940 bits per heavy atom. The molecule has 0 aromatic heterocycles. The number of aliphatic hydroxyl groups is 1. The molecule has 1 aliphatic heterocycles. The number of esters is 1. The van der Waals surface area contributed by atoms with Crippen LogP contribution in [0.1, 0.15) is 62.8 Å². The minimum atomic E-state index is -1.53. The Hall–Kier alpha value is -4.80. The minimum Gasteiger partial charge on any atom is -0.497 e. The van der Waals surface area contributed by atoms with E-state index in [2.05, 4.69) is 5.32 Å². The van der Waals surface area contributed by atoms with Gasteiger partial charge in [0.15, 0.2) is 11.6 Å². The maximum absolute atomic E-state index is 14.7. The number of ether oxygens (including phenoxy) is 4. The Kier molecular flexibility index (Phi) is 12.2. The third kappa shape index (κ3) is 9.46. The van der Waals surface area contributed by atoms with E-state index in [1.807, 2.05) is 112 Å². The molecule has 1 heterocycles. The molecule has 2 N–H and O–H groups in total. The number of nitrogens with one attached hydrogen (secondary N) is 1. The number of benzene rings is 4. The molecular weight excluding hydrogens is 653 g/mol. The van der Waals surface area contributed by atoms with Gasteiger partial charge in [-0.05, 0) is 92.9 Å². The summed E-state index contributed by atoms with van der Waals surface area (Å²) >= 11 is 1.62. The average Bonchev–Trinajstić information content (AvgIpc) is 3.51. The van der Waals surface area contributed by atoms with Gasteiger partial charge in [0.25, 0.3) is 5.91 Å². The fourth-order valence-electron chi connectivity index (χ4n) is 5.55. The summed E-state index contributed by atoms with van der Waals surface area (Å²) in [5, 5.41) is 12.3. The third-order valence-electron chi connectivity index (χ3n) is 7.94. The van der Waals surface area contributed by atoms with Crippen LogP contribution in [0.5, 0.6) is 11.5 Å². The second-order valence-corrected chi connectivity index (χ2v) is 14.0. The van der Waals surface area contributed by atoms with Crippen molar-refractivity contribution >= 4 is 29.5 Å². The number of hydrogen-bond donors (Lipinski definition) is 2. The van der Waals surface area contributed by atoms with Crippen molar-refractivity contribution in [1.82, 2.24) is 5.32 Å². The van der Waals surface area contributed by atoms with E-state index in [-0.39, 0.29) is 37.8 Å². The number of nitrogens with zero attached hydrogens (tertiary/aromatic N) is 1. The first-order valence-corrected chi connectivity index (χ1v) is 17.5. The van der Waals surface area contributed by atoms with Gasteiger partial charge in [0.05, 0.1) is 13.7 Å². The lowest BCUT2D eigenvalue weighted by molar-refractivity contribution is -0.155. The SMILES string of the molecule is COc1cccc([C@H]2OC(c3ccc(OCCCO)cc3)=N[C@@]2(CCC(=O)OC(C)(C)C)C(=O)NCc2ccccc2Sc2ccccc2)c1. The molecule has 0 aliphatic carbocycles. The van der Waals surface area contributed by atoms with Gasteiger partial charge in [-0.25, -0.2) is 4.99 Å². The van der Waals surface area contributed by atoms with E-state index in [0.29, 0.717) is 35.7 Å². The maximum Gasteiger partial charge on any atom is 0.306 e. The lowest BCUT2D eigenvalue weighted by atomic mass is 9.83. The molecule has 5 rings (SSSR count). The average molecular weight is 697 g/mol. The van der Waals surface area contributed by atoms with Crippen molar-refractivity contribution in [3.05, 3.63) is 120 Å². The molecule has 50 heavy (non-hydrogen) atoms. The Morgan fingerprint density at radius 3 is 2.40 bits per heavy atom. The number of rotatable bonds is 15. The highest BCUT2D eigenvalue weighted by Crippen LogP contribution is 2.44. The number of carbonyl (C=O) groups excluding carboxylic acids is 2. The molecule has 2 atom stereocenters. The highest BCUT2D eigenvalue weighted by molar-refractivity contribution is 7.99. The van der Waals surface area contributed by atoms with Gasteiger partial charge >= 0.3 is 5.97 Å². The predicted molar refractivity (Wildman–Crippen MR) is 194 cm³/mol. The van der Waals surface area contributed by atoms with Crippen LogP contribution in [0.4, 0.5) is 0 Å². The zero-order valence-corrected chi connectivity index (χ0v) is 29.7. The molecule has 0 spiro atoms. The zero-order valence-electron chi connectivity index (χ0n) is 28.9. The number of methoxy groups -OCH3 is 1. The second-order valence-electron chi connectivity index (χ2n) is 12.9. The van der Waals surface area contributed by atoms with Gasteiger partial charge in [-0.1, -0.05) is 60.3 Å². The molecule has 9 nitrogen and oxygen atoms in total. The summed E-state index contributed by atoms with van der Waals surface area (Å²) in [4.78, 5) is 34.9. The molecule has 1 aliphatic rings. The fraction of sp³-hybridized carbons (Fsp3) is 0.325. The molecule has 0 bridgehead atoms. The van der Waals surface area contributed by atoms with Gasteiger partial charge in [-0.3, -0.25) is 9.59 Å². The van der Waals surface area contributed by atoms with Gasteiger partial charge in [0, 0.05) is 41.3 Å². The number of hydrogen-bond acceptors (Lipinski definition) is 9. The molecule has 4 aromatic carbocycles. The molecule has 0 unspecified atom stereocenters. The van der Waals surface area contributed by atoms with Crippen LogP contribution in [0.25, 0.3) is 0 Å². The largest absolute Gasteiger partial charge is 0.497 e. The van der Waals surface area contributed by atoms with Crippen molar-refractivity contribution < 1.29 is 33.6 Å². The van der Waals surface area contributed by atoms with Crippen LogP contribution in [-0.2, 0) is 25.6 Å². The summed E-state index contributed by atoms with van der Waals surface area (Å²) < 4.78 is 23.5. The summed E-state index contributed by atoms with van der Waals surface area (Å²) in [5.74, 6) is 0.668. The number of aliphatic hydroxyl groups excluding tert-OH is 1. The van der Waals surface area contributed by atoms with Crippen molar-refractivity contribution in [3.63, 3.8) is 0 Å². The van der Waals surface area contributed by atoms with Crippen LogP contribution in [0.3, 0.4) is 0 Å². The van der Waals surface area contributed by atoms with E-state index in [1.165, 1.54) is 0 Å². The van der Waals surface area contributed by atoms with E-state index < -0.39 is 23.2 Å². The second kappa shape index (κ2) is 16.7. The van der Waals surface area contributed by atoms with Crippen molar-refractivity contribution in [3.8, 4) is 11.5 Å². The van der Waals surface area contributed by atoms with Crippen molar-refractivity contribution in [2.45, 2.75) is 73.6 Å². The molecule has 0 saturated heterocycles. The zero-order chi connectivity index (χ0) is 35.6. The molecule has 0 radical (unpaired) electrons. The number of aliphatic imine (C=N–C) groups is 1. The van der Waals surface area contributed by atoms with Gasteiger partial charge in [-0.15, -0.1) is 0 Å². The lowest BCUT2D eigenvalue weighted by Crippen LogP contribution is -2.48. The molecule has 1 amide bonds. The van der Waals surface area contributed by atoms with Crippen LogP contribution in [0, 0.1) is 0 Å². The van der Waals surface area contributed by atoms with Gasteiger partial charge in [-0.2, -0.15) is 0 Å². The van der Waals surface area contributed by atoms with Gasteiger partial charge in [0.2, 0.25) is 5.90 Å². The maximum atomic E-state index is 14.7. The normalized spacial score (nSPS) is 17.0. The first-order valence-electron chi connectivity index (χ1n) is 16.7. The quantitative estimate of drug-likeness (QED) is 0.0983. The smallest absolute Gasteiger partial charge is 0.306 e. The van der Waals surface area contributed by atoms with Crippen molar-refractivity contribution in [2.75, 3.05) is 20.3 Å². The highest BCUT2D eigenvalue weighted by Gasteiger charge is 2.53. The van der Waals surface area contributed by atoms with Gasteiger partial charge < -0.3 is 29.4 Å². The molecule has 262 valence electrons. The lowest BCUT2D eigenvalue weighted by Gasteiger charge is -2.31. The van der Waals surface area contributed by atoms with Crippen LogP contribution in [-0.4, -0.2) is 54.3 Å². The Balaban J connectivity index is 1.51. The predicted octanol–water partition coefficient (Wildman–Crippen LogP) is 7.30. The molecule has 0 saturated carbocycles. The summed E-state index contributed by atoms with van der Waals surface area (Å²) in [5.41, 5.74) is 0.0295. The molecule has 0 fully saturated rings. The molecular formula is C40H44N2O7S. The van der Waals surface area contributed by atoms with Crippen LogP contribution >= 0.6 is 11.8 Å². The van der Waals surface area contributed by atoms with Crippen LogP contribution < -0.4 is 14.8 Å². The van der Waals surface area contributed by atoms with Crippen LogP contribution in [0.15, 0.2) is 118 Å². The van der Waals surface area contributed by atoms with Gasteiger partial charge in [0.1, 0.15) is 17.1 Å². The van der Waals surface area contributed by atoms with Crippen LogP contribution in [0.2, 0.25) is 0 Å². The Labute approximate surface area is 298 Å². The standard InChI is InChI=1S/C40H44N2O7S/c1-39(2,3)49-35(44)22-23-40(38(45)41-27-30-12-8-9-17-34(30)50-33-15-6-5-7-16-33)36(29-13-10-14-32(26-29)46-4)48-37(42-40)28-18-20-31(21-19-28)47-25-11-24-43/h5-10,12-21,26,36,43H,11,22-25,27H2,1-4H3,(H,41,45)/t36-,40-/m1/s1. The minimum absolute atomic E-state index is 0.0297. The summed E-state index contributed by atoms with van der Waals surface area (Å²) in [6, 6.07) is 32.6. The number of amides is 1. The molecule has 4 aromatic rings. The van der Waals surface area contributed by atoms with E-state index in [0.717, 1.165) is 15.4 Å². The fourth-order valence-corrected chi connectivity index (χ4v) is 6.52. The Morgan fingerprint density at radius 2 is 1.68 bits per heavy atom.